The lowest BCUT2D eigenvalue weighted by Gasteiger charge is -2.40. The summed E-state index contributed by atoms with van der Waals surface area (Å²) in [6, 6.07) is 4.34. The third kappa shape index (κ3) is 8.60. The van der Waals surface area contributed by atoms with E-state index in [1.165, 1.54) is 30.4 Å². The molecule has 13 heteroatoms. The zero-order chi connectivity index (χ0) is 36.1. The van der Waals surface area contributed by atoms with Gasteiger partial charge in [0.2, 0.25) is 17.7 Å². The molecule has 2 aromatic rings. The Kier molecular flexibility index (Phi) is 12.1. The second-order valence-electron chi connectivity index (χ2n) is 14.0. The highest BCUT2D eigenvalue weighted by atomic mass is 19.1. The molecule has 1 saturated heterocycles. The van der Waals surface area contributed by atoms with Crippen molar-refractivity contribution in [1.82, 2.24) is 30.2 Å². The molecule has 5 atom stereocenters. The lowest BCUT2D eigenvalue weighted by Crippen LogP contribution is -2.58. The molecule has 3 aliphatic rings. The van der Waals surface area contributed by atoms with Crippen molar-refractivity contribution in [2.75, 3.05) is 39.1 Å². The minimum Gasteiger partial charge on any atom is -0.372 e. The van der Waals surface area contributed by atoms with Gasteiger partial charge in [-0.05, 0) is 96.0 Å². The van der Waals surface area contributed by atoms with E-state index in [-0.39, 0.29) is 23.6 Å². The molecule has 1 unspecified atom stereocenters. The number of likely N-dealkylation sites (N-methyl/N-ethyl adjacent to an activating group) is 1. The molecule has 1 aromatic carbocycles. The van der Waals surface area contributed by atoms with Gasteiger partial charge >= 0.3 is 0 Å². The number of nitrogens with zero attached hydrogens (tertiary/aromatic N) is 4. The van der Waals surface area contributed by atoms with Gasteiger partial charge in [0.15, 0.2) is 0 Å². The van der Waals surface area contributed by atoms with E-state index in [0.29, 0.717) is 37.4 Å². The molecule has 3 N–H and O–H groups in total. The van der Waals surface area contributed by atoms with Gasteiger partial charge in [-0.25, -0.2) is 4.39 Å². The van der Waals surface area contributed by atoms with Crippen molar-refractivity contribution in [1.29, 1.82) is 0 Å². The second kappa shape index (κ2) is 16.3. The molecule has 0 radical (unpaired) electrons. The Morgan fingerprint density at radius 3 is 2.32 bits per heavy atom. The van der Waals surface area contributed by atoms with E-state index in [9.17, 15) is 19.2 Å². The summed E-state index contributed by atoms with van der Waals surface area (Å²) in [5.74, 6) is -2.99. The van der Waals surface area contributed by atoms with Gasteiger partial charge in [0.05, 0.1) is 5.69 Å². The minimum atomic E-state index is -0.964. The van der Waals surface area contributed by atoms with E-state index in [4.69, 9.17) is 4.74 Å². The first-order valence-electron chi connectivity index (χ1n) is 17.9. The molecule has 50 heavy (non-hydrogen) atoms. The molecule has 0 bridgehead atoms. The quantitative estimate of drug-likeness (QED) is 0.288. The normalized spacial score (nSPS) is 21.9. The van der Waals surface area contributed by atoms with Crippen LogP contribution in [0.25, 0.3) is 0 Å². The van der Waals surface area contributed by atoms with Gasteiger partial charge in [0.25, 0.3) is 5.91 Å². The predicted molar refractivity (Wildman–Crippen MR) is 188 cm³/mol. The number of allylic oxidation sites excluding steroid dienone is 2. The van der Waals surface area contributed by atoms with Crippen LogP contribution in [0.1, 0.15) is 88.2 Å². The summed E-state index contributed by atoms with van der Waals surface area (Å²) in [5, 5.41) is 12.7. The molecule has 2 aliphatic carbocycles. The predicted octanol–water partition coefficient (Wildman–Crippen LogP) is 3.85. The van der Waals surface area contributed by atoms with Gasteiger partial charge in [-0.1, -0.05) is 24.1 Å². The molecular formula is C37H52FN7O5. The van der Waals surface area contributed by atoms with Crippen LogP contribution in [0.2, 0.25) is 0 Å². The van der Waals surface area contributed by atoms with Crippen LogP contribution in [0.5, 0.6) is 0 Å². The van der Waals surface area contributed by atoms with Gasteiger partial charge in [0.1, 0.15) is 29.7 Å². The van der Waals surface area contributed by atoms with E-state index in [2.05, 4.69) is 25.9 Å². The number of anilines is 1. The number of rotatable bonds is 12. The zero-order valence-electron chi connectivity index (χ0n) is 30.1. The van der Waals surface area contributed by atoms with Gasteiger partial charge in [-0.15, -0.1) is 0 Å². The Hall–Kier alpha value is -4.10. The van der Waals surface area contributed by atoms with Gasteiger partial charge in [0, 0.05) is 51.4 Å². The van der Waals surface area contributed by atoms with Crippen LogP contribution in [0.3, 0.4) is 0 Å². The summed E-state index contributed by atoms with van der Waals surface area (Å²) in [6.07, 6.45) is 6.34. The lowest BCUT2D eigenvalue weighted by atomic mass is 9.80. The topological polar surface area (TPSA) is 138 Å². The Labute approximate surface area is 294 Å². The first kappa shape index (κ1) is 37.2. The number of carbonyl (C=O) groups is 4. The number of piperazine rings is 1. The van der Waals surface area contributed by atoms with E-state index in [1.54, 1.807) is 41.8 Å². The van der Waals surface area contributed by atoms with E-state index < -0.39 is 47.6 Å². The molecule has 4 amide bonds. The number of aromatic nitrogens is 2. The van der Waals surface area contributed by atoms with E-state index >= 15 is 4.39 Å². The molecule has 1 aromatic heterocycles. The van der Waals surface area contributed by atoms with Crippen molar-refractivity contribution in [2.24, 2.45) is 5.92 Å². The molecule has 272 valence electrons. The highest BCUT2D eigenvalue weighted by Gasteiger charge is 2.37. The fraction of sp³-hybridized carbons (Fsp3) is 0.595. The van der Waals surface area contributed by atoms with Crippen LogP contribution >= 0.6 is 0 Å². The van der Waals surface area contributed by atoms with Gasteiger partial charge in [-0.2, -0.15) is 5.10 Å². The Balaban J connectivity index is 1.34. The minimum absolute atomic E-state index is 0.0341. The summed E-state index contributed by atoms with van der Waals surface area (Å²) < 4.78 is 22.6. The molecular weight excluding hydrogens is 641 g/mol. The Morgan fingerprint density at radius 2 is 1.70 bits per heavy atom. The first-order valence-corrected chi connectivity index (χ1v) is 17.9. The number of carbonyl (C=O) groups excluding carboxylic acids is 4. The second-order valence-corrected chi connectivity index (χ2v) is 14.0. The van der Waals surface area contributed by atoms with Crippen molar-refractivity contribution < 1.29 is 28.3 Å². The van der Waals surface area contributed by atoms with Crippen LogP contribution < -0.4 is 16.0 Å². The highest BCUT2D eigenvalue weighted by molar-refractivity contribution is 6.00. The van der Waals surface area contributed by atoms with Crippen molar-refractivity contribution >= 4 is 29.3 Å². The number of hydrogen-bond donors (Lipinski definition) is 3. The van der Waals surface area contributed by atoms with Crippen LogP contribution in [0.15, 0.2) is 41.6 Å². The van der Waals surface area contributed by atoms with Crippen molar-refractivity contribution in [3.8, 4) is 0 Å². The Bertz CT molecular complexity index is 1590. The maximum atomic E-state index is 15.8. The molecule has 2 heterocycles. The molecule has 2 saturated carbocycles. The maximum absolute atomic E-state index is 15.8. The van der Waals surface area contributed by atoms with Gasteiger partial charge in [-0.3, -0.25) is 23.9 Å². The molecule has 5 rings (SSSR count). The number of halogens is 1. The highest BCUT2D eigenvalue weighted by Crippen LogP contribution is 2.41. The summed E-state index contributed by atoms with van der Waals surface area (Å²) in [4.78, 5) is 57.9. The van der Waals surface area contributed by atoms with E-state index in [1.807, 2.05) is 20.9 Å². The maximum Gasteiger partial charge on any atom is 0.270 e. The monoisotopic (exact) mass is 693 g/mol. The number of methoxy groups -OCH3 is 1. The fourth-order valence-corrected chi connectivity index (χ4v) is 7.02. The standard InChI is InChI=1S/C37H52FN7O5/c1-7-45-31(16-17-39-45)35(47)42-33(27-12-10-26(11-13-27)25-8-9-25)36(48)40-30-15-14-28(20-29(30)38)23(3)32(41-34(46)24(4)50-6)37(49)44-19-18-43(5)22(2)21-44/h14-17,20,22-24,27,32-33H,7-13,18-19,21H2,1-6H3,(H,40,48)(H,41,46)(H,42,47)/t22-,23+,24+,32-,33?/m1/s1. The summed E-state index contributed by atoms with van der Waals surface area (Å²) in [6.45, 7) is 9.51. The number of aryl methyl sites for hydroxylation is 1. The average molecular weight is 694 g/mol. The van der Waals surface area contributed by atoms with Crippen LogP contribution in [0.4, 0.5) is 10.1 Å². The smallest absolute Gasteiger partial charge is 0.270 e. The largest absolute Gasteiger partial charge is 0.372 e. The number of hydrogen-bond acceptors (Lipinski definition) is 7. The molecule has 1 aliphatic heterocycles. The SMILES string of the molecule is CCn1nccc1C(=O)NC(C(=O)Nc1ccc([C@H](C)[C@@H](NC(=O)[C@H](C)OC)C(=O)N2CCN(C)[C@H](C)C2)cc1F)C1CCC(=C2CC2)CC1. The average Bonchev–Trinajstić information content (AvgIpc) is 3.86. The van der Waals surface area contributed by atoms with Crippen molar-refractivity contribution in [3.63, 3.8) is 0 Å². The van der Waals surface area contributed by atoms with Crippen LogP contribution in [-0.2, 0) is 25.7 Å². The third-order valence-corrected chi connectivity index (χ3v) is 10.8. The summed E-state index contributed by atoms with van der Waals surface area (Å²) in [7, 11) is 3.43. The Morgan fingerprint density at radius 1 is 1.00 bits per heavy atom. The number of amides is 4. The first-order chi connectivity index (χ1) is 23.9. The van der Waals surface area contributed by atoms with Crippen LogP contribution in [0, 0.1) is 11.7 Å². The zero-order valence-corrected chi connectivity index (χ0v) is 30.1. The third-order valence-electron chi connectivity index (χ3n) is 10.8. The molecule has 3 fully saturated rings. The number of ether oxygens (including phenoxy) is 1. The summed E-state index contributed by atoms with van der Waals surface area (Å²) >= 11 is 0. The molecule has 0 spiro atoms. The summed E-state index contributed by atoms with van der Waals surface area (Å²) in [5.41, 5.74) is 3.80. The number of benzene rings is 1. The molecule has 12 nitrogen and oxygen atoms in total. The van der Waals surface area contributed by atoms with E-state index in [0.717, 1.165) is 38.5 Å². The van der Waals surface area contributed by atoms with Crippen molar-refractivity contribution in [3.05, 3.63) is 58.7 Å². The lowest BCUT2D eigenvalue weighted by molar-refractivity contribution is -0.141. The van der Waals surface area contributed by atoms with Crippen molar-refractivity contribution in [2.45, 2.75) is 103 Å². The fourth-order valence-electron chi connectivity index (χ4n) is 7.02. The van der Waals surface area contributed by atoms with Crippen LogP contribution in [-0.4, -0.2) is 101 Å². The van der Waals surface area contributed by atoms with Gasteiger partial charge < -0.3 is 30.5 Å². The number of nitrogens with one attached hydrogen (secondary N) is 3.